The van der Waals surface area contributed by atoms with Gasteiger partial charge >= 0.3 is 6.03 Å². The van der Waals surface area contributed by atoms with Crippen molar-refractivity contribution in [2.24, 2.45) is 0 Å². The van der Waals surface area contributed by atoms with E-state index >= 15 is 0 Å². The molecule has 0 bridgehead atoms. The number of aryl methyl sites for hydroxylation is 1. The number of urea groups is 1. The van der Waals surface area contributed by atoms with Crippen molar-refractivity contribution in [3.63, 3.8) is 0 Å². The van der Waals surface area contributed by atoms with Crippen molar-refractivity contribution in [3.8, 4) is 0 Å². The summed E-state index contributed by atoms with van der Waals surface area (Å²) in [6, 6.07) is 4.03. The van der Waals surface area contributed by atoms with Gasteiger partial charge in [0.2, 0.25) is 5.95 Å². The number of amides is 2. The molecule has 23 heavy (non-hydrogen) atoms. The van der Waals surface area contributed by atoms with E-state index < -0.39 is 0 Å². The van der Waals surface area contributed by atoms with Gasteiger partial charge in [-0.3, -0.25) is 0 Å². The molecular formula is C16H21N5OS. The van der Waals surface area contributed by atoms with E-state index in [1.165, 1.54) is 0 Å². The molecule has 2 aromatic rings. The Kier molecular flexibility index (Phi) is 4.76. The first-order valence-corrected chi connectivity index (χ1v) is 8.58. The van der Waals surface area contributed by atoms with Crippen LogP contribution in [0.25, 0.3) is 0 Å². The summed E-state index contributed by atoms with van der Waals surface area (Å²) < 4.78 is 0. The standard InChI is InChI=1S/C16H21N5OS/c1-21(2)15-17-9-11-8-12(5-6-14(11)20-15)19-16(22)18-10-13-4-3-7-23-13/h3-4,7,9,12H,5-6,8,10H2,1-2H3,(H2,18,19,22). The Morgan fingerprint density at radius 2 is 2.35 bits per heavy atom. The monoisotopic (exact) mass is 331 g/mol. The smallest absolute Gasteiger partial charge is 0.315 e. The normalized spacial score (nSPS) is 16.5. The number of hydrogen-bond acceptors (Lipinski definition) is 5. The topological polar surface area (TPSA) is 70.2 Å². The summed E-state index contributed by atoms with van der Waals surface area (Å²) >= 11 is 1.64. The van der Waals surface area contributed by atoms with E-state index in [1.54, 1.807) is 11.3 Å². The Morgan fingerprint density at radius 1 is 1.48 bits per heavy atom. The van der Waals surface area contributed by atoms with Gasteiger partial charge in [-0.2, -0.15) is 0 Å². The Balaban J connectivity index is 1.54. The lowest BCUT2D eigenvalue weighted by molar-refractivity contribution is 0.235. The van der Waals surface area contributed by atoms with Gasteiger partial charge in [-0.05, 0) is 36.3 Å². The zero-order valence-electron chi connectivity index (χ0n) is 13.4. The fourth-order valence-corrected chi connectivity index (χ4v) is 3.30. The second-order valence-electron chi connectivity index (χ2n) is 5.88. The van der Waals surface area contributed by atoms with E-state index in [0.29, 0.717) is 6.54 Å². The molecule has 2 N–H and O–H groups in total. The average Bonchev–Trinajstić information content (AvgIpc) is 3.06. The average molecular weight is 331 g/mol. The molecule has 2 aromatic heterocycles. The van der Waals surface area contributed by atoms with Crippen molar-refractivity contribution in [2.75, 3.05) is 19.0 Å². The molecule has 0 saturated carbocycles. The molecule has 0 spiro atoms. The molecule has 0 radical (unpaired) electrons. The number of nitrogens with one attached hydrogen (secondary N) is 2. The van der Waals surface area contributed by atoms with Gasteiger partial charge in [0.25, 0.3) is 0 Å². The maximum absolute atomic E-state index is 12.0. The first-order chi connectivity index (χ1) is 11.1. The quantitative estimate of drug-likeness (QED) is 0.898. The van der Waals surface area contributed by atoms with Crippen molar-refractivity contribution < 1.29 is 4.79 Å². The first kappa shape index (κ1) is 15.7. The summed E-state index contributed by atoms with van der Waals surface area (Å²) in [5.74, 6) is 0.740. The van der Waals surface area contributed by atoms with Gasteiger partial charge < -0.3 is 15.5 Å². The van der Waals surface area contributed by atoms with Gasteiger partial charge in [0.05, 0.1) is 6.54 Å². The van der Waals surface area contributed by atoms with E-state index in [-0.39, 0.29) is 12.1 Å². The van der Waals surface area contributed by atoms with Crippen LogP contribution in [0.3, 0.4) is 0 Å². The lowest BCUT2D eigenvalue weighted by Crippen LogP contribution is -2.44. The maximum Gasteiger partial charge on any atom is 0.315 e. The number of hydrogen-bond donors (Lipinski definition) is 2. The molecule has 0 aliphatic heterocycles. The van der Waals surface area contributed by atoms with Crippen molar-refractivity contribution in [3.05, 3.63) is 39.8 Å². The molecule has 1 aliphatic rings. The Bertz CT molecular complexity index is 671. The van der Waals surface area contributed by atoms with Gasteiger partial charge in [0, 0.05) is 36.9 Å². The van der Waals surface area contributed by atoms with Gasteiger partial charge in [-0.15, -0.1) is 11.3 Å². The van der Waals surface area contributed by atoms with Crippen molar-refractivity contribution in [1.82, 2.24) is 20.6 Å². The van der Waals surface area contributed by atoms with E-state index in [1.807, 2.05) is 42.7 Å². The van der Waals surface area contributed by atoms with Gasteiger partial charge in [-0.1, -0.05) is 6.07 Å². The van der Waals surface area contributed by atoms with Crippen LogP contribution in [-0.4, -0.2) is 36.1 Å². The van der Waals surface area contributed by atoms with Crippen molar-refractivity contribution in [2.45, 2.75) is 31.8 Å². The van der Waals surface area contributed by atoms with Crippen LogP contribution in [0.15, 0.2) is 23.7 Å². The summed E-state index contributed by atoms with van der Waals surface area (Å²) in [6.07, 6.45) is 4.45. The molecule has 1 unspecified atom stereocenters. The highest BCUT2D eigenvalue weighted by Gasteiger charge is 2.22. The molecule has 2 amide bonds. The number of anilines is 1. The Hall–Kier alpha value is -2.15. The molecule has 3 rings (SSSR count). The molecule has 122 valence electrons. The molecule has 2 heterocycles. The minimum Gasteiger partial charge on any atom is -0.347 e. The summed E-state index contributed by atoms with van der Waals surface area (Å²) in [7, 11) is 3.87. The zero-order chi connectivity index (χ0) is 16.2. The highest BCUT2D eigenvalue weighted by molar-refractivity contribution is 7.09. The molecule has 0 aromatic carbocycles. The highest BCUT2D eigenvalue weighted by atomic mass is 32.1. The number of carbonyl (C=O) groups is 1. The number of thiophene rings is 1. The summed E-state index contributed by atoms with van der Waals surface area (Å²) in [5, 5.41) is 7.96. The van der Waals surface area contributed by atoms with E-state index in [4.69, 9.17) is 0 Å². The SMILES string of the molecule is CN(C)c1ncc2c(n1)CCC(NC(=O)NCc1cccs1)C2. The highest BCUT2D eigenvalue weighted by Crippen LogP contribution is 2.20. The number of carbonyl (C=O) groups excluding carboxylic acids is 1. The van der Waals surface area contributed by atoms with Crippen LogP contribution in [0.2, 0.25) is 0 Å². The molecule has 1 atom stereocenters. The number of aromatic nitrogens is 2. The van der Waals surface area contributed by atoms with Crippen LogP contribution in [-0.2, 0) is 19.4 Å². The number of nitrogens with zero attached hydrogens (tertiary/aromatic N) is 3. The molecule has 6 nitrogen and oxygen atoms in total. The van der Waals surface area contributed by atoms with E-state index in [0.717, 1.165) is 41.3 Å². The second kappa shape index (κ2) is 6.95. The fraction of sp³-hybridized carbons (Fsp3) is 0.438. The lowest BCUT2D eigenvalue weighted by atomic mass is 9.93. The Labute approximate surface area is 140 Å². The predicted molar refractivity (Wildman–Crippen MR) is 91.9 cm³/mol. The summed E-state index contributed by atoms with van der Waals surface area (Å²) in [4.78, 5) is 24.0. The van der Waals surface area contributed by atoms with Crippen LogP contribution in [0.4, 0.5) is 10.7 Å². The maximum atomic E-state index is 12.0. The third-order valence-corrected chi connectivity index (χ3v) is 4.75. The van der Waals surface area contributed by atoms with Crippen LogP contribution >= 0.6 is 11.3 Å². The summed E-state index contributed by atoms with van der Waals surface area (Å²) in [6.45, 7) is 0.572. The number of rotatable bonds is 4. The summed E-state index contributed by atoms with van der Waals surface area (Å²) in [5.41, 5.74) is 2.23. The third kappa shape index (κ3) is 3.98. The van der Waals surface area contributed by atoms with Gasteiger partial charge in [0.1, 0.15) is 0 Å². The largest absolute Gasteiger partial charge is 0.347 e. The Morgan fingerprint density at radius 3 is 3.09 bits per heavy atom. The third-order valence-electron chi connectivity index (χ3n) is 3.88. The van der Waals surface area contributed by atoms with Crippen LogP contribution < -0.4 is 15.5 Å². The van der Waals surface area contributed by atoms with E-state index in [2.05, 4.69) is 20.6 Å². The molecule has 1 aliphatic carbocycles. The predicted octanol–water partition coefficient (Wildman–Crippen LogP) is 1.96. The van der Waals surface area contributed by atoms with Crippen molar-refractivity contribution >= 4 is 23.3 Å². The van der Waals surface area contributed by atoms with Crippen molar-refractivity contribution in [1.29, 1.82) is 0 Å². The van der Waals surface area contributed by atoms with Gasteiger partial charge in [-0.25, -0.2) is 14.8 Å². The minimum absolute atomic E-state index is 0.113. The fourth-order valence-electron chi connectivity index (χ4n) is 2.65. The van der Waals surface area contributed by atoms with Crippen LogP contribution in [0.5, 0.6) is 0 Å². The minimum atomic E-state index is -0.113. The zero-order valence-corrected chi connectivity index (χ0v) is 14.2. The first-order valence-electron chi connectivity index (χ1n) is 7.70. The lowest BCUT2D eigenvalue weighted by Gasteiger charge is -2.25. The molecule has 0 fully saturated rings. The molecular weight excluding hydrogens is 310 g/mol. The molecule has 0 saturated heterocycles. The van der Waals surface area contributed by atoms with Crippen LogP contribution in [0, 0.1) is 0 Å². The van der Waals surface area contributed by atoms with Crippen LogP contribution in [0.1, 0.15) is 22.6 Å². The molecule has 7 heteroatoms. The van der Waals surface area contributed by atoms with E-state index in [9.17, 15) is 4.79 Å². The van der Waals surface area contributed by atoms with Gasteiger partial charge in [0.15, 0.2) is 0 Å². The number of fused-ring (bicyclic) bond motifs is 1. The second-order valence-corrected chi connectivity index (χ2v) is 6.91.